The van der Waals surface area contributed by atoms with Gasteiger partial charge < -0.3 is 14.8 Å². The molecule has 2 rings (SSSR count). The van der Waals surface area contributed by atoms with Gasteiger partial charge in [-0.2, -0.15) is 0 Å². The Morgan fingerprint density at radius 3 is 2.83 bits per heavy atom. The van der Waals surface area contributed by atoms with E-state index in [-0.39, 0.29) is 0 Å². The summed E-state index contributed by atoms with van der Waals surface area (Å²) in [6, 6.07) is 1.30. The fraction of sp³-hybridized carbons (Fsp3) is 0.846. The summed E-state index contributed by atoms with van der Waals surface area (Å²) >= 11 is 0. The molecule has 0 saturated carbocycles. The molecule has 1 aliphatic heterocycles. The van der Waals surface area contributed by atoms with E-state index in [2.05, 4.69) is 41.3 Å². The number of nitrogens with one attached hydrogen (secondary N) is 1. The Morgan fingerprint density at radius 2 is 2.17 bits per heavy atom. The molecular weight excluding hydrogens is 226 g/mol. The summed E-state index contributed by atoms with van der Waals surface area (Å²) in [5.74, 6) is 1.77. The molecule has 0 aromatic carbocycles. The van der Waals surface area contributed by atoms with Crippen molar-refractivity contribution in [2.75, 3.05) is 20.1 Å². The molecule has 0 amide bonds. The molecule has 1 aromatic rings. The summed E-state index contributed by atoms with van der Waals surface area (Å²) in [7, 11) is 4.21. The summed E-state index contributed by atoms with van der Waals surface area (Å²) in [6.45, 7) is 6.81. The topological polar surface area (TPSA) is 46.0 Å². The van der Waals surface area contributed by atoms with Crippen LogP contribution < -0.4 is 5.32 Å². The van der Waals surface area contributed by atoms with E-state index in [1.165, 1.54) is 13.0 Å². The van der Waals surface area contributed by atoms with E-state index in [1.54, 1.807) is 6.33 Å². The van der Waals surface area contributed by atoms with Gasteiger partial charge in [-0.3, -0.25) is 0 Å². The van der Waals surface area contributed by atoms with E-state index < -0.39 is 0 Å². The van der Waals surface area contributed by atoms with E-state index in [0.29, 0.717) is 18.0 Å². The Hall–Kier alpha value is -0.940. The zero-order valence-corrected chi connectivity index (χ0v) is 11.9. The summed E-state index contributed by atoms with van der Waals surface area (Å²) in [5.41, 5.74) is 0. The molecule has 1 N–H and O–H groups in total. The summed E-state index contributed by atoms with van der Waals surface area (Å²) in [6.07, 6.45) is 3.94. The minimum absolute atomic E-state index is 0.629. The standard InChI is InChI=1S/C13H25N5/c1-10-8-17(3)11(2)7-12(10)14-6-5-13-16-15-9-18(13)4/h9-12,14H,5-8H2,1-4H3. The second-order valence-electron chi connectivity index (χ2n) is 5.67. The minimum atomic E-state index is 0.629. The molecule has 5 nitrogen and oxygen atoms in total. The van der Waals surface area contributed by atoms with Gasteiger partial charge in [0.2, 0.25) is 0 Å². The maximum absolute atomic E-state index is 4.11. The molecule has 0 aliphatic carbocycles. The zero-order valence-electron chi connectivity index (χ0n) is 11.9. The van der Waals surface area contributed by atoms with Gasteiger partial charge in [-0.25, -0.2) is 0 Å². The van der Waals surface area contributed by atoms with Crippen LogP contribution in [0.5, 0.6) is 0 Å². The van der Waals surface area contributed by atoms with Gasteiger partial charge in [0.15, 0.2) is 0 Å². The van der Waals surface area contributed by atoms with E-state index in [0.717, 1.165) is 18.8 Å². The molecule has 1 saturated heterocycles. The third-order valence-electron chi connectivity index (χ3n) is 4.17. The Morgan fingerprint density at radius 1 is 1.39 bits per heavy atom. The van der Waals surface area contributed by atoms with Crippen molar-refractivity contribution < 1.29 is 0 Å². The van der Waals surface area contributed by atoms with E-state index in [1.807, 2.05) is 11.6 Å². The highest BCUT2D eigenvalue weighted by Gasteiger charge is 2.28. The molecule has 18 heavy (non-hydrogen) atoms. The molecule has 2 heterocycles. The summed E-state index contributed by atoms with van der Waals surface area (Å²) < 4.78 is 1.99. The number of aromatic nitrogens is 3. The Balaban J connectivity index is 1.78. The smallest absolute Gasteiger partial charge is 0.133 e. The van der Waals surface area contributed by atoms with E-state index in [9.17, 15) is 0 Å². The SMILES string of the molecule is CC1CN(C)C(C)CC1NCCc1nncn1C. The highest BCUT2D eigenvalue weighted by Crippen LogP contribution is 2.20. The predicted octanol–water partition coefficient (Wildman–Crippen LogP) is 0.676. The van der Waals surface area contributed by atoms with Gasteiger partial charge in [-0.15, -0.1) is 10.2 Å². The van der Waals surface area contributed by atoms with Crippen LogP contribution in [0.4, 0.5) is 0 Å². The van der Waals surface area contributed by atoms with Crippen LogP contribution in [0.15, 0.2) is 6.33 Å². The molecular formula is C13H25N5. The lowest BCUT2D eigenvalue weighted by Crippen LogP contribution is -2.51. The van der Waals surface area contributed by atoms with Gasteiger partial charge in [0.05, 0.1) is 0 Å². The highest BCUT2D eigenvalue weighted by molar-refractivity contribution is 4.89. The molecule has 3 unspecified atom stereocenters. The Bertz CT molecular complexity index is 375. The van der Waals surface area contributed by atoms with Gasteiger partial charge in [0.1, 0.15) is 12.2 Å². The van der Waals surface area contributed by atoms with Crippen LogP contribution in [0.3, 0.4) is 0 Å². The molecule has 1 aromatic heterocycles. The van der Waals surface area contributed by atoms with Gasteiger partial charge in [0, 0.05) is 38.6 Å². The third kappa shape index (κ3) is 3.09. The average Bonchev–Trinajstić information content (AvgIpc) is 2.72. The molecule has 3 atom stereocenters. The van der Waals surface area contributed by atoms with Crippen molar-refractivity contribution in [3.63, 3.8) is 0 Å². The molecule has 1 fully saturated rings. The molecule has 102 valence electrons. The first kappa shape index (κ1) is 13.5. The fourth-order valence-corrected chi connectivity index (χ4v) is 2.73. The third-order valence-corrected chi connectivity index (χ3v) is 4.17. The summed E-state index contributed by atoms with van der Waals surface area (Å²) in [5, 5.41) is 11.7. The average molecular weight is 251 g/mol. The van der Waals surface area contributed by atoms with Gasteiger partial charge in [0.25, 0.3) is 0 Å². The Labute approximate surface area is 110 Å². The van der Waals surface area contributed by atoms with Gasteiger partial charge >= 0.3 is 0 Å². The first-order chi connectivity index (χ1) is 8.58. The molecule has 1 aliphatic rings. The largest absolute Gasteiger partial charge is 0.321 e. The molecule has 5 heteroatoms. The first-order valence-corrected chi connectivity index (χ1v) is 6.84. The van der Waals surface area contributed by atoms with Crippen LogP contribution in [0, 0.1) is 5.92 Å². The van der Waals surface area contributed by atoms with E-state index in [4.69, 9.17) is 0 Å². The second-order valence-corrected chi connectivity index (χ2v) is 5.67. The van der Waals surface area contributed by atoms with Crippen LogP contribution in [0.25, 0.3) is 0 Å². The van der Waals surface area contributed by atoms with Crippen LogP contribution in [-0.2, 0) is 13.5 Å². The van der Waals surface area contributed by atoms with Crippen molar-refractivity contribution in [2.24, 2.45) is 13.0 Å². The van der Waals surface area contributed by atoms with Crippen molar-refractivity contribution in [3.8, 4) is 0 Å². The second kappa shape index (κ2) is 5.80. The number of hydrogen-bond acceptors (Lipinski definition) is 4. The molecule has 0 bridgehead atoms. The normalized spacial score (nSPS) is 29.7. The van der Waals surface area contributed by atoms with Crippen molar-refractivity contribution in [1.82, 2.24) is 25.0 Å². The van der Waals surface area contributed by atoms with Crippen LogP contribution in [0.1, 0.15) is 26.1 Å². The number of rotatable bonds is 4. The predicted molar refractivity (Wildman–Crippen MR) is 72.4 cm³/mol. The molecule has 0 radical (unpaired) electrons. The number of hydrogen-bond donors (Lipinski definition) is 1. The maximum atomic E-state index is 4.11. The monoisotopic (exact) mass is 251 g/mol. The number of piperidine rings is 1. The van der Waals surface area contributed by atoms with Crippen molar-refractivity contribution in [2.45, 2.75) is 38.8 Å². The van der Waals surface area contributed by atoms with Crippen molar-refractivity contribution >= 4 is 0 Å². The first-order valence-electron chi connectivity index (χ1n) is 6.84. The van der Waals surface area contributed by atoms with Crippen LogP contribution in [0.2, 0.25) is 0 Å². The van der Waals surface area contributed by atoms with Crippen molar-refractivity contribution in [3.05, 3.63) is 12.2 Å². The van der Waals surface area contributed by atoms with Crippen LogP contribution in [-0.4, -0.2) is 51.9 Å². The Kier molecular flexibility index (Phi) is 4.35. The fourth-order valence-electron chi connectivity index (χ4n) is 2.73. The number of likely N-dealkylation sites (tertiary alicyclic amines) is 1. The quantitative estimate of drug-likeness (QED) is 0.854. The highest BCUT2D eigenvalue weighted by atomic mass is 15.2. The maximum Gasteiger partial charge on any atom is 0.133 e. The lowest BCUT2D eigenvalue weighted by molar-refractivity contribution is 0.122. The zero-order chi connectivity index (χ0) is 13.1. The number of aryl methyl sites for hydroxylation is 1. The lowest BCUT2D eigenvalue weighted by atomic mass is 9.90. The van der Waals surface area contributed by atoms with Gasteiger partial charge in [-0.1, -0.05) is 6.92 Å². The number of nitrogens with zero attached hydrogens (tertiary/aromatic N) is 4. The van der Waals surface area contributed by atoms with E-state index >= 15 is 0 Å². The lowest BCUT2D eigenvalue weighted by Gasteiger charge is -2.40. The van der Waals surface area contributed by atoms with Crippen molar-refractivity contribution in [1.29, 1.82) is 0 Å². The molecule has 0 spiro atoms. The minimum Gasteiger partial charge on any atom is -0.321 e. The van der Waals surface area contributed by atoms with Gasteiger partial charge in [-0.05, 0) is 26.3 Å². The summed E-state index contributed by atoms with van der Waals surface area (Å²) in [4.78, 5) is 2.45. The van der Waals surface area contributed by atoms with Crippen LogP contribution >= 0.6 is 0 Å².